The molecular formula is C16H22N2O3. The molecule has 5 nitrogen and oxygen atoms in total. The maximum Gasteiger partial charge on any atom is 0.308 e. The quantitative estimate of drug-likeness (QED) is 0.885. The summed E-state index contributed by atoms with van der Waals surface area (Å²) in [5.41, 5.74) is 1.95. The molecule has 2 unspecified atom stereocenters. The van der Waals surface area contributed by atoms with Gasteiger partial charge in [0.25, 0.3) is 0 Å². The molecular weight excluding hydrogens is 268 g/mol. The van der Waals surface area contributed by atoms with Gasteiger partial charge in [-0.15, -0.1) is 0 Å². The van der Waals surface area contributed by atoms with Gasteiger partial charge < -0.3 is 15.3 Å². The van der Waals surface area contributed by atoms with Gasteiger partial charge >= 0.3 is 5.97 Å². The van der Waals surface area contributed by atoms with Crippen LogP contribution in [0, 0.1) is 5.92 Å². The number of aliphatic carboxylic acids is 1. The molecule has 1 heterocycles. The Balaban J connectivity index is 2.28. The van der Waals surface area contributed by atoms with E-state index in [2.05, 4.69) is 5.32 Å². The van der Waals surface area contributed by atoms with E-state index in [0.29, 0.717) is 13.0 Å². The molecule has 0 bridgehead atoms. The highest BCUT2D eigenvalue weighted by molar-refractivity contribution is 5.86. The van der Waals surface area contributed by atoms with E-state index in [1.54, 1.807) is 0 Å². The third kappa shape index (κ3) is 3.35. The first kappa shape index (κ1) is 15.4. The maximum absolute atomic E-state index is 12.2. The lowest BCUT2D eigenvalue weighted by Crippen LogP contribution is -2.51. The van der Waals surface area contributed by atoms with Crippen LogP contribution in [0.15, 0.2) is 24.3 Å². The lowest BCUT2D eigenvalue weighted by atomic mass is 9.91. The summed E-state index contributed by atoms with van der Waals surface area (Å²) >= 11 is 0. The van der Waals surface area contributed by atoms with Gasteiger partial charge in [0.2, 0.25) is 5.91 Å². The van der Waals surface area contributed by atoms with E-state index in [-0.39, 0.29) is 11.9 Å². The first-order valence-electron chi connectivity index (χ1n) is 7.28. The molecule has 1 amide bonds. The third-order valence-corrected chi connectivity index (χ3v) is 3.81. The molecule has 2 rings (SSSR count). The number of fused-ring (bicyclic) bond motifs is 1. The van der Waals surface area contributed by atoms with Crippen molar-refractivity contribution in [2.45, 2.75) is 39.3 Å². The summed E-state index contributed by atoms with van der Waals surface area (Å²) in [4.78, 5) is 25.5. The van der Waals surface area contributed by atoms with Crippen LogP contribution >= 0.6 is 0 Å². The SMILES string of the molecule is CC(C)NC(=O)C(C)N1CC(C(=O)O)Cc2ccccc21. The highest BCUT2D eigenvalue weighted by Crippen LogP contribution is 2.31. The zero-order chi connectivity index (χ0) is 15.6. The highest BCUT2D eigenvalue weighted by Gasteiger charge is 2.33. The van der Waals surface area contributed by atoms with Gasteiger partial charge in [0.15, 0.2) is 0 Å². The van der Waals surface area contributed by atoms with Crippen molar-refractivity contribution in [1.29, 1.82) is 0 Å². The second kappa shape index (κ2) is 6.16. The van der Waals surface area contributed by atoms with Gasteiger partial charge in [-0.3, -0.25) is 9.59 Å². The summed E-state index contributed by atoms with van der Waals surface area (Å²) in [5, 5.41) is 12.2. The molecule has 0 fully saturated rings. The summed E-state index contributed by atoms with van der Waals surface area (Å²) in [6.45, 7) is 6.00. The van der Waals surface area contributed by atoms with Crippen LogP contribution in [-0.4, -0.2) is 35.6 Å². The Labute approximate surface area is 125 Å². The Morgan fingerprint density at radius 2 is 1.95 bits per heavy atom. The maximum atomic E-state index is 12.2. The minimum absolute atomic E-state index is 0.0651. The number of rotatable bonds is 4. The lowest BCUT2D eigenvalue weighted by molar-refractivity contribution is -0.141. The van der Waals surface area contributed by atoms with Crippen molar-refractivity contribution >= 4 is 17.6 Å². The number of nitrogens with zero attached hydrogens (tertiary/aromatic N) is 1. The van der Waals surface area contributed by atoms with Gasteiger partial charge in [-0.25, -0.2) is 0 Å². The van der Waals surface area contributed by atoms with Gasteiger partial charge in [0.05, 0.1) is 5.92 Å². The Bertz CT molecular complexity index is 542. The number of carboxylic acid groups (broad SMARTS) is 1. The van der Waals surface area contributed by atoms with E-state index < -0.39 is 17.9 Å². The molecule has 0 aliphatic carbocycles. The molecule has 1 aliphatic rings. The second-order valence-corrected chi connectivity index (χ2v) is 5.86. The average Bonchev–Trinajstić information content (AvgIpc) is 2.44. The number of carbonyl (C=O) groups is 2. The van der Waals surface area contributed by atoms with Crippen LogP contribution in [0.1, 0.15) is 26.3 Å². The Kier molecular flexibility index (Phi) is 4.50. The molecule has 5 heteroatoms. The van der Waals surface area contributed by atoms with E-state index >= 15 is 0 Å². The van der Waals surface area contributed by atoms with Crippen LogP contribution in [0.4, 0.5) is 5.69 Å². The molecule has 0 spiro atoms. The van der Waals surface area contributed by atoms with Crippen molar-refractivity contribution in [3.8, 4) is 0 Å². The number of benzene rings is 1. The fourth-order valence-corrected chi connectivity index (χ4v) is 2.71. The van der Waals surface area contributed by atoms with E-state index in [9.17, 15) is 14.7 Å². The Hall–Kier alpha value is -2.04. The average molecular weight is 290 g/mol. The van der Waals surface area contributed by atoms with E-state index in [4.69, 9.17) is 0 Å². The minimum Gasteiger partial charge on any atom is -0.481 e. The predicted octanol–water partition coefficient (Wildman–Crippen LogP) is 1.66. The van der Waals surface area contributed by atoms with Gasteiger partial charge in [-0.2, -0.15) is 0 Å². The standard InChI is InChI=1S/C16H22N2O3/c1-10(2)17-15(19)11(3)18-9-13(16(20)21)8-12-6-4-5-7-14(12)18/h4-7,10-11,13H,8-9H2,1-3H3,(H,17,19)(H,20,21). The topological polar surface area (TPSA) is 69.6 Å². The summed E-state index contributed by atoms with van der Waals surface area (Å²) in [7, 11) is 0. The van der Waals surface area contributed by atoms with Crippen molar-refractivity contribution in [1.82, 2.24) is 5.32 Å². The van der Waals surface area contributed by atoms with E-state index in [1.165, 1.54) is 0 Å². The summed E-state index contributed by atoms with van der Waals surface area (Å²) in [6.07, 6.45) is 0.514. The normalized spacial score (nSPS) is 19.0. The number of para-hydroxylation sites is 1. The number of carbonyl (C=O) groups excluding carboxylic acids is 1. The molecule has 21 heavy (non-hydrogen) atoms. The fourth-order valence-electron chi connectivity index (χ4n) is 2.71. The zero-order valence-electron chi connectivity index (χ0n) is 12.7. The van der Waals surface area contributed by atoms with Crippen LogP contribution in [0.5, 0.6) is 0 Å². The van der Waals surface area contributed by atoms with Crippen LogP contribution in [0.2, 0.25) is 0 Å². The summed E-state index contributed by atoms with van der Waals surface area (Å²) in [5.74, 6) is -1.37. The molecule has 0 saturated carbocycles. The summed E-state index contributed by atoms with van der Waals surface area (Å²) in [6, 6.07) is 7.38. The second-order valence-electron chi connectivity index (χ2n) is 5.86. The van der Waals surface area contributed by atoms with E-state index in [0.717, 1.165) is 11.3 Å². The van der Waals surface area contributed by atoms with Crippen LogP contribution in [-0.2, 0) is 16.0 Å². The number of hydrogen-bond donors (Lipinski definition) is 2. The van der Waals surface area contributed by atoms with E-state index in [1.807, 2.05) is 49.9 Å². The molecule has 0 aromatic heterocycles. The number of hydrogen-bond acceptors (Lipinski definition) is 3. The molecule has 0 radical (unpaired) electrons. The van der Waals surface area contributed by atoms with Gasteiger partial charge in [-0.1, -0.05) is 18.2 Å². The smallest absolute Gasteiger partial charge is 0.308 e. The zero-order valence-corrected chi connectivity index (χ0v) is 12.7. The van der Waals surface area contributed by atoms with Crippen molar-refractivity contribution in [2.75, 3.05) is 11.4 Å². The molecule has 2 atom stereocenters. The third-order valence-electron chi connectivity index (χ3n) is 3.81. The van der Waals surface area contributed by atoms with Crippen molar-refractivity contribution in [3.05, 3.63) is 29.8 Å². The Morgan fingerprint density at radius 1 is 1.29 bits per heavy atom. The summed E-state index contributed by atoms with van der Waals surface area (Å²) < 4.78 is 0. The van der Waals surface area contributed by atoms with Gasteiger partial charge in [0, 0.05) is 18.3 Å². The fraction of sp³-hybridized carbons (Fsp3) is 0.500. The molecule has 0 saturated heterocycles. The van der Waals surface area contributed by atoms with Gasteiger partial charge in [-0.05, 0) is 38.8 Å². The van der Waals surface area contributed by atoms with Gasteiger partial charge in [0.1, 0.15) is 6.04 Å². The van der Waals surface area contributed by atoms with Crippen molar-refractivity contribution in [3.63, 3.8) is 0 Å². The van der Waals surface area contributed by atoms with Crippen molar-refractivity contribution in [2.24, 2.45) is 5.92 Å². The molecule has 1 aromatic carbocycles. The first-order valence-corrected chi connectivity index (χ1v) is 7.28. The molecule has 1 aliphatic heterocycles. The monoisotopic (exact) mass is 290 g/mol. The lowest BCUT2D eigenvalue weighted by Gasteiger charge is -2.38. The number of anilines is 1. The number of amides is 1. The van der Waals surface area contributed by atoms with Crippen LogP contribution in [0.3, 0.4) is 0 Å². The first-order chi connectivity index (χ1) is 9.90. The minimum atomic E-state index is -0.814. The number of nitrogens with one attached hydrogen (secondary N) is 1. The molecule has 1 aromatic rings. The van der Waals surface area contributed by atoms with Crippen LogP contribution < -0.4 is 10.2 Å². The highest BCUT2D eigenvalue weighted by atomic mass is 16.4. The van der Waals surface area contributed by atoms with Crippen molar-refractivity contribution < 1.29 is 14.7 Å². The predicted molar refractivity (Wildman–Crippen MR) is 81.4 cm³/mol. The molecule has 114 valence electrons. The largest absolute Gasteiger partial charge is 0.481 e. The number of carboxylic acids is 1. The Morgan fingerprint density at radius 3 is 2.57 bits per heavy atom. The van der Waals surface area contributed by atoms with Crippen LogP contribution in [0.25, 0.3) is 0 Å². The molecule has 2 N–H and O–H groups in total.